The van der Waals surface area contributed by atoms with Gasteiger partial charge in [0.05, 0.1) is 6.54 Å². The lowest BCUT2D eigenvalue weighted by atomic mass is 10.1. The molecule has 0 aliphatic rings. The number of anilines is 1. The van der Waals surface area contributed by atoms with Crippen LogP contribution in [0.25, 0.3) is 0 Å². The van der Waals surface area contributed by atoms with Crippen LogP contribution in [0.2, 0.25) is 0 Å². The largest absolute Gasteiger partial charge is 0.365 e. The van der Waals surface area contributed by atoms with Crippen LogP contribution in [0, 0.1) is 0 Å². The number of nitrogens with one attached hydrogen (secondary N) is 1. The summed E-state index contributed by atoms with van der Waals surface area (Å²) in [5, 5.41) is 2.93. The third kappa shape index (κ3) is 4.33. The zero-order valence-electron chi connectivity index (χ0n) is 12.3. The van der Waals surface area contributed by atoms with Gasteiger partial charge in [0.1, 0.15) is 0 Å². The Morgan fingerprint density at radius 2 is 1.76 bits per heavy atom. The van der Waals surface area contributed by atoms with Crippen molar-refractivity contribution in [2.24, 2.45) is 5.73 Å². The topological polar surface area (TPSA) is 58.4 Å². The lowest BCUT2D eigenvalue weighted by Gasteiger charge is -2.21. The normalized spacial score (nSPS) is 10.2. The summed E-state index contributed by atoms with van der Waals surface area (Å²) in [5.41, 5.74) is 8.85. The Labute approximate surface area is 125 Å². The Kier molecular flexibility index (Phi) is 5.35. The Morgan fingerprint density at radius 3 is 2.48 bits per heavy atom. The number of hydrogen-bond donors (Lipinski definition) is 2. The van der Waals surface area contributed by atoms with Crippen molar-refractivity contribution in [2.45, 2.75) is 13.1 Å². The van der Waals surface area contributed by atoms with Gasteiger partial charge >= 0.3 is 0 Å². The van der Waals surface area contributed by atoms with Gasteiger partial charge in [-0.25, -0.2) is 0 Å². The van der Waals surface area contributed by atoms with Crippen LogP contribution in [0.1, 0.15) is 11.1 Å². The molecule has 0 bridgehead atoms. The van der Waals surface area contributed by atoms with Crippen LogP contribution >= 0.6 is 0 Å². The Balaban J connectivity index is 1.90. The predicted octanol–water partition coefficient (Wildman–Crippen LogP) is 1.90. The van der Waals surface area contributed by atoms with Crippen molar-refractivity contribution in [2.75, 3.05) is 18.5 Å². The number of hydrogen-bond acceptors (Lipinski definition) is 3. The van der Waals surface area contributed by atoms with Crippen molar-refractivity contribution in [1.82, 2.24) is 5.32 Å². The summed E-state index contributed by atoms with van der Waals surface area (Å²) in [7, 11) is 1.90. The van der Waals surface area contributed by atoms with E-state index < -0.39 is 0 Å². The Hall–Kier alpha value is -2.33. The van der Waals surface area contributed by atoms with Crippen LogP contribution in [0.4, 0.5) is 5.69 Å². The van der Waals surface area contributed by atoms with Crippen LogP contribution < -0.4 is 16.0 Å². The molecule has 2 aromatic rings. The number of rotatable bonds is 6. The van der Waals surface area contributed by atoms with E-state index in [2.05, 4.69) is 5.32 Å². The number of carbonyl (C=O) groups is 1. The number of para-hydroxylation sites is 1. The average Bonchev–Trinajstić information content (AvgIpc) is 2.53. The van der Waals surface area contributed by atoms with Gasteiger partial charge in [-0.2, -0.15) is 0 Å². The zero-order valence-corrected chi connectivity index (χ0v) is 12.3. The smallest absolute Gasteiger partial charge is 0.239 e. The summed E-state index contributed by atoms with van der Waals surface area (Å²) in [4.78, 5) is 13.9. The van der Waals surface area contributed by atoms with Crippen molar-refractivity contribution >= 4 is 11.6 Å². The van der Waals surface area contributed by atoms with Gasteiger partial charge in [0.2, 0.25) is 5.91 Å². The zero-order chi connectivity index (χ0) is 15.1. The average molecular weight is 283 g/mol. The van der Waals surface area contributed by atoms with E-state index in [0.717, 1.165) is 16.8 Å². The molecule has 0 atom stereocenters. The summed E-state index contributed by atoms with van der Waals surface area (Å²) in [6.07, 6.45) is 0. The molecular weight excluding hydrogens is 262 g/mol. The highest BCUT2D eigenvalue weighted by Crippen LogP contribution is 2.18. The molecule has 4 nitrogen and oxygen atoms in total. The molecule has 21 heavy (non-hydrogen) atoms. The van der Waals surface area contributed by atoms with Crippen LogP contribution in [0.3, 0.4) is 0 Å². The summed E-state index contributed by atoms with van der Waals surface area (Å²) in [6.45, 7) is 1.32. The van der Waals surface area contributed by atoms with E-state index in [9.17, 15) is 4.79 Å². The summed E-state index contributed by atoms with van der Waals surface area (Å²) in [6, 6.07) is 17.7. The molecule has 0 spiro atoms. The van der Waals surface area contributed by atoms with Crippen molar-refractivity contribution in [3.63, 3.8) is 0 Å². The molecule has 0 aliphatic carbocycles. The van der Waals surface area contributed by atoms with Gasteiger partial charge in [-0.1, -0.05) is 48.5 Å². The molecule has 2 rings (SSSR count). The standard InChI is InChI=1S/C17H21N3O/c1-20(16-10-6-5-9-15(16)11-18)13-17(21)19-12-14-7-3-2-4-8-14/h2-10H,11-13,18H2,1H3,(H,19,21). The minimum atomic E-state index is -0.00632. The monoisotopic (exact) mass is 283 g/mol. The number of nitrogens with two attached hydrogens (primary N) is 1. The summed E-state index contributed by atoms with van der Waals surface area (Å²) >= 11 is 0. The summed E-state index contributed by atoms with van der Waals surface area (Å²) in [5.74, 6) is -0.00632. The van der Waals surface area contributed by atoms with E-state index in [1.54, 1.807) is 0 Å². The van der Waals surface area contributed by atoms with Gasteiger partial charge in [0.25, 0.3) is 0 Å². The number of benzene rings is 2. The van der Waals surface area contributed by atoms with Crippen LogP contribution in [0.15, 0.2) is 54.6 Å². The van der Waals surface area contributed by atoms with E-state index >= 15 is 0 Å². The highest BCUT2D eigenvalue weighted by molar-refractivity contribution is 5.81. The van der Waals surface area contributed by atoms with Gasteiger partial charge in [0.15, 0.2) is 0 Å². The van der Waals surface area contributed by atoms with Crippen molar-refractivity contribution in [3.8, 4) is 0 Å². The molecule has 0 saturated carbocycles. The number of nitrogens with zero attached hydrogens (tertiary/aromatic N) is 1. The SMILES string of the molecule is CN(CC(=O)NCc1ccccc1)c1ccccc1CN. The van der Waals surface area contributed by atoms with Crippen LogP contribution in [-0.2, 0) is 17.9 Å². The second-order valence-electron chi connectivity index (χ2n) is 4.95. The van der Waals surface area contributed by atoms with Gasteiger partial charge < -0.3 is 16.0 Å². The van der Waals surface area contributed by atoms with Gasteiger partial charge in [-0.05, 0) is 17.2 Å². The molecule has 2 aromatic carbocycles. The third-order valence-corrected chi connectivity index (χ3v) is 3.34. The Bertz CT molecular complexity index is 584. The molecule has 110 valence electrons. The molecule has 4 heteroatoms. The van der Waals surface area contributed by atoms with Crippen molar-refractivity contribution in [3.05, 3.63) is 65.7 Å². The van der Waals surface area contributed by atoms with Crippen molar-refractivity contribution < 1.29 is 4.79 Å². The fourth-order valence-electron chi connectivity index (χ4n) is 2.21. The fourth-order valence-corrected chi connectivity index (χ4v) is 2.21. The molecule has 0 saturated heterocycles. The maximum absolute atomic E-state index is 12.0. The molecule has 3 N–H and O–H groups in total. The van der Waals surface area contributed by atoms with Gasteiger partial charge in [0, 0.05) is 25.8 Å². The highest BCUT2D eigenvalue weighted by atomic mass is 16.2. The van der Waals surface area contributed by atoms with E-state index in [4.69, 9.17) is 5.73 Å². The molecule has 0 heterocycles. The predicted molar refractivity (Wildman–Crippen MR) is 85.9 cm³/mol. The molecule has 1 amide bonds. The lowest BCUT2D eigenvalue weighted by molar-refractivity contribution is -0.119. The number of likely N-dealkylation sites (N-methyl/N-ethyl adjacent to an activating group) is 1. The highest BCUT2D eigenvalue weighted by Gasteiger charge is 2.10. The molecule has 0 aliphatic heterocycles. The Morgan fingerprint density at radius 1 is 1.10 bits per heavy atom. The van der Waals surface area contributed by atoms with E-state index in [1.807, 2.05) is 66.5 Å². The second-order valence-corrected chi connectivity index (χ2v) is 4.95. The van der Waals surface area contributed by atoms with Crippen LogP contribution in [-0.4, -0.2) is 19.5 Å². The molecular formula is C17H21N3O. The van der Waals surface area contributed by atoms with Crippen molar-refractivity contribution in [1.29, 1.82) is 0 Å². The molecule has 0 unspecified atom stereocenters. The molecule has 0 aromatic heterocycles. The number of amides is 1. The minimum Gasteiger partial charge on any atom is -0.365 e. The van der Waals surface area contributed by atoms with Crippen LogP contribution in [0.5, 0.6) is 0 Å². The van der Waals surface area contributed by atoms with E-state index in [0.29, 0.717) is 19.6 Å². The lowest BCUT2D eigenvalue weighted by Crippen LogP contribution is -2.35. The minimum absolute atomic E-state index is 0.00632. The maximum Gasteiger partial charge on any atom is 0.239 e. The third-order valence-electron chi connectivity index (χ3n) is 3.34. The quantitative estimate of drug-likeness (QED) is 0.851. The van der Waals surface area contributed by atoms with Gasteiger partial charge in [-0.3, -0.25) is 4.79 Å². The fraction of sp³-hybridized carbons (Fsp3) is 0.235. The first kappa shape index (κ1) is 15.1. The number of carbonyl (C=O) groups excluding carboxylic acids is 1. The summed E-state index contributed by atoms with van der Waals surface area (Å²) < 4.78 is 0. The second kappa shape index (κ2) is 7.45. The first-order valence-corrected chi connectivity index (χ1v) is 7.00. The van der Waals surface area contributed by atoms with E-state index in [1.165, 1.54) is 0 Å². The maximum atomic E-state index is 12.0. The van der Waals surface area contributed by atoms with E-state index in [-0.39, 0.29) is 5.91 Å². The van der Waals surface area contributed by atoms with Gasteiger partial charge in [-0.15, -0.1) is 0 Å². The molecule has 0 radical (unpaired) electrons. The first-order valence-electron chi connectivity index (χ1n) is 7.00. The first-order chi connectivity index (χ1) is 10.2. The molecule has 0 fully saturated rings.